The summed E-state index contributed by atoms with van der Waals surface area (Å²) in [5.41, 5.74) is 5.95. The minimum Gasteiger partial charge on any atom is -0.508 e. The molecule has 0 saturated carbocycles. The molecule has 104 valence electrons. The number of aromatic hydroxyl groups is 1. The predicted octanol–water partition coefficient (Wildman–Crippen LogP) is 3.67. The van der Waals surface area contributed by atoms with Crippen molar-refractivity contribution in [1.29, 1.82) is 0 Å². The lowest BCUT2D eigenvalue weighted by Gasteiger charge is -2.11. The Hall–Kier alpha value is -1.98. The van der Waals surface area contributed by atoms with E-state index >= 15 is 0 Å². The van der Waals surface area contributed by atoms with Crippen LogP contribution < -0.4 is 11.1 Å². The topological polar surface area (TPSA) is 75.3 Å². The minimum atomic E-state index is -0.617. The highest BCUT2D eigenvalue weighted by molar-refractivity contribution is 6.40. The summed E-state index contributed by atoms with van der Waals surface area (Å²) in [7, 11) is 0. The number of benzene rings is 2. The lowest BCUT2D eigenvalue weighted by atomic mass is 10.1. The molecule has 0 saturated heterocycles. The van der Waals surface area contributed by atoms with Gasteiger partial charge in [-0.1, -0.05) is 23.2 Å². The van der Waals surface area contributed by atoms with Crippen LogP contribution in [0.4, 0.5) is 15.8 Å². The lowest BCUT2D eigenvalue weighted by Crippen LogP contribution is -2.14. The van der Waals surface area contributed by atoms with Gasteiger partial charge in [-0.05, 0) is 30.3 Å². The minimum absolute atomic E-state index is 0.0397. The van der Waals surface area contributed by atoms with E-state index in [4.69, 9.17) is 28.9 Å². The molecule has 0 atom stereocenters. The molecule has 4 nitrogen and oxygen atoms in total. The largest absolute Gasteiger partial charge is 0.508 e. The van der Waals surface area contributed by atoms with Gasteiger partial charge in [0.1, 0.15) is 11.6 Å². The summed E-state index contributed by atoms with van der Waals surface area (Å²) < 4.78 is 13.1. The fraction of sp³-hybridized carbons (Fsp3) is 0. The van der Waals surface area contributed by atoms with E-state index in [1.165, 1.54) is 18.2 Å². The van der Waals surface area contributed by atoms with Crippen LogP contribution in [0.3, 0.4) is 0 Å². The quantitative estimate of drug-likeness (QED) is 0.584. The van der Waals surface area contributed by atoms with Gasteiger partial charge in [0.25, 0.3) is 5.91 Å². The van der Waals surface area contributed by atoms with Crippen molar-refractivity contribution in [2.75, 3.05) is 11.1 Å². The molecule has 0 radical (unpaired) electrons. The Morgan fingerprint density at radius 1 is 1.20 bits per heavy atom. The monoisotopic (exact) mass is 314 g/mol. The first-order valence-electron chi connectivity index (χ1n) is 5.43. The summed E-state index contributed by atoms with van der Waals surface area (Å²) >= 11 is 11.6. The van der Waals surface area contributed by atoms with Crippen molar-refractivity contribution in [2.24, 2.45) is 0 Å². The maximum atomic E-state index is 13.1. The zero-order valence-corrected chi connectivity index (χ0v) is 11.5. The van der Waals surface area contributed by atoms with Crippen molar-refractivity contribution < 1.29 is 14.3 Å². The van der Waals surface area contributed by atoms with Crippen LogP contribution in [-0.4, -0.2) is 11.0 Å². The van der Waals surface area contributed by atoms with E-state index in [0.29, 0.717) is 0 Å². The number of rotatable bonds is 2. The average Bonchev–Trinajstić information content (AvgIpc) is 2.36. The second-order valence-corrected chi connectivity index (χ2v) is 4.78. The van der Waals surface area contributed by atoms with Gasteiger partial charge in [0.15, 0.2) is 0 Å². The molecule has 0 aliphatic heterocycles. The Bertz CT molecular complexity index is 669. The third-order valence-electron chi connectivity index (χ3n) is 2.53. The maximum Gasteiger partial charge on any atom is 0.257 e. The number of phenolic OH excluding ortho intramolecular Hbond substituents is 1. The third kappa shape index (κ3) is 2.95. The van der Waals surface area contributed by atoms with Crippen LogP contribution in [0.1, 0.15) is 10.4 Å². The number of carbonyl (C=O) groups excluding carboxylic acids is 1. The van der Waals surface area contributed by atoms with E-state index in [1.54, 1.807) is 0 Å². The molecule has 0 aliphatic carbocycles. The van der Waals surface area contributed by atoms with Crippen LogP contribution in [0.5, 0.6) is 5.75 Å². The van der Waals surface area contributed by atoms with Crippen LogP contribution in [0.2, 0.25) is 10.0 Å². The summed E-state index contributed by atoms with van der Waals surface area (Å²) in [5, 5.41) is 11.7. The van der Waals surface area contributed by atoms with E-state index in [0.717, 1.165) is 12.1 Å². The normalized spacial score (nSPS) is 10.3. The second-order valence-electron chi connectivity index (χ2n) is 3.97. The molecule has 0 bridgehead atoms. The van der Waals surface area contributed by atoms with Crippen LogP contribution in [0, 0.1) is 5.82 Å². The van der Waals surface area contributed by atoms with Gasteiger partial charge in [0.2, 0.25) is 0 Å². The van der Waals surface area contributed by atoms with Crippen molar-refractivity contribution in [2.45, 2.75) is 0 Å². The predicted molar refractivity (Wildman–Crippen MR) is 76.9 cm³/mol. The standard InChI is InChI=1S/C13H9Cl2FN2O2/c14-9-3-6(16)4-10(15)12(9)18-13(20)8-5-7(19)1-2-11(8)17/h1-5,19H,17H2,(H,18,20). The molecule has 1 amide bonds. The number of anilines is 2. The van der Waals surface area contributed by atoms with Gasteiger partial charge in [-0.25, -0.2) is 4.39 Å². The van der Waals surface area contributed by atoms with Gasteiger partial charge in [-0.3, -0.25) is 4.79 Å². The zero-order chi connectivity index (χ0) is 14.9. The Balaban J connectivity index is 2.35. The van der Waals surface area contributed by atoms with E-state index < -0.39 is 11.7 Å². The van der Waals surface area contributed by atoms with Crippen LogP contribution in [-0.2, 0) is 0 Å². The van der Waals surface area contributed by atoms with Gasteiger partial charge >= 0.3 is 0 Å². The van der Waals surface area contributed by atoms with Crippen molar-refractivity contribution in [3.05, 3.63) is 51.8 Å². The van der Waals surface area contributed by atoms with E-state index in [9.17, 15) is 14.3 Å². The molecule has 0 unspecified atom stereocenters. The number of nitrogens with one attached hydrogen (secondary N) is 1. The third-order valence-corrected chi connectivity index (χ3v) is 3.12. The number of nitrogens with two attached hydrogens (primary N) is 1. The molecule has 0 aromatic heterocycles. The SMILES string of the molecule is Nc1ccc(O)cc1C(=O)Nc1c(Cl)cc(F)cc1Cl. The fourth-order valence-electron chi connectivity index (χ4n) is 1.58. The summed E-state index contributed by atoms with van der Waals surface area (Å²) in [5.74, 6) is -1.34. The number of phenols is 1. The highest BCUT2D eigenvalue weighted by Crippen LogP contribution is 2.32. The van der Waals surface area contributed by atoms with E-state index in [2.05, 4.69) is 5.32 Å². The average molecular weight is 315 g/mol. The van der Waals surface area contributed by atoms with Crippen LogP contribution in [0.25, 0.3) is 0 Å². The summed E-state index contributed by atoms with van der Waals surface area (Å²) in [6, 6.07) is 5.99. The zero-order valence-electron chi connectivity index (χ0n) is 9.95. The molecule has 2 aromatic rings. The van der Waals surface area contributed by atoms with Gasteiger partial charge in [0.05, 0.1) is 21.3 Å². The summed E-state index contributed by atoms with van der Waals surface area (Å²) in [6.45, 7) is 0. The number of hydrogen-bond acceptors (Lipinski definition) is 3. The van der Waals surface area contributed by atoms with Gasteiger partial charge in [0, 0.05) is 5.69 Å². The molecular weight excluding hydrogens is 306 g/mol. The number of halogens is 3. The van der Waals surface area contributed by atoms with Crippen molar-refractivity contribution in [3.8, 4) is 5.75 Å². The first-order chi connectivity index (χ1) is 9.38. The van der Waals surface area contributed by atoms with Gasteiger partial charge < -0.3 is 16.2 Å². The molecule has 7 heteroatoms. The van der Waals surface area contributed by atoms with Gasteiger partial charge in [-0.15, -0.1) is 0 Å². The number of amides is 1. The summed E-state index contributed by atoms with van der Waals surface area (Å²) in [6.07, 6.45) is 0. The summed E-state index contributed by atoms with van der Waals surface area (Å²) in [4.78, 5) is 12.1. The molecular formula is C13H9Cl2FN2O2. The Kier molecular flexibility index (Phi) is 4.01. The number of hydrogen-bond donors (Lipinski definition) is 3. The van der Waals surface area contributed by atoms with E-state index in [-0.39, 0.29) is 32.7 Å². The van der Waals surface area contributed by atoms with Crippen molar-refractivity contribution in [3.63, 3.8) is 0 Å². The molecule has 20 heavy (non-hydrogen) atoms. The van der Waals surface area contributed by atoms with E-state index in [1.807, 2.05) is 0 Å². The molecule has 0 fully saturated rings. The second kappa shape index (κ2) is 5.56. The van der Waals surface area contributed by atoms with Crippen LogP contribution >= 0.6 is 23.2 Å². The number of carbonyl (C=O) groups is 1. The van der Waals surface area contributed by atoms with Gasteiger partial charge in [-0.2, -0.15) is 0 Å². The first-order valence-corrected chi connectivity index (χ1v) is 6.18. The van der Waals surface area contributed by atoms with Crippen molar-refractivity contribution in [1.82, 2.24) is 0 Å². The maximum absolute atomic E-state index is 13.1. The molecule has 4 N–H and O–H groups in total. The number of nitrogen functional groups attached to an aromatic ring is 1. The van der Waals surface area contributed by atoms with Crippen molar-refractivity contribution >= 4 is 40.5 Å². The molecule has 0 heterocycles. The Morgan fingerprint density at radius 2 is 1.80 bits per heavy atom. The van der Waals surface area contributed by atoms with Crippen LogP contribution in [0.15, 0.2) is 30.3 Å². The Morgan fingerprint density at radius 3 is 2.40 bits per heavy atom. The smallest absolute Gasteiger partial charge is 0.257 e. The molecule has 2 rings (SSSR count). The lowest BCUT2D eigenvalue weighted by molar-refractivity contribution is 0.102. The Labute approximate surface area is 123 Å². The highest BCUT2D eigenvalue weighted by Gasteiger charge is 2.15. The molecule has 2 aromatic carbocycles. The fourth-order valence-corrected chi connectivity index (χ4v) is 2.14. The highest BCUT2D eigenvalue weighted by atomic mass is 35.5. The molecule has 0 aliphatic rings. The first kappa shape index (κ1) is 14.4. The molecule has 0 spiro atoms.